The highest BCUT2D eigenvalue weighted by atomic mass is 35.5. The fourth-order valence-electron chi connectivity index (χ4n) is 1.56. The molecule has 1 unspecified atom stereocenters. The summed E-state index contributed by atoms with van der Waals surface area (Å²) in [6, 6.07) is 1.61. The smallest absolute Gasteiger partial charge is 0.158 e. The van der Waals surface area contributed by atoms with Crippen LogP contribution in [0, 0.1) is 0 Å². The Morgan fingerprint density at radius 3 is 2.89 bits per heavy atom. The van der Waals surface area contributed by atoms with Crippen LogP contribution in [0.3, 0.4) is 0 Å². The molecule has 0 aliphatic heterocycles. The Balaban J connectivity index is 2.72. The van der Waals surface area contributed by atoms with Gasteiger partial charge in [-0.3, -0.25) is 0 Å². The molecule has 1 heterocycles. The van der Waals surface area contributed by atoms with Crippen LogP contribution >= 0.6 is 11.6 Å². The first-order valence-corrected chi connectivity index (χ1v) is 6.55. The molecule has 0 radical (unpaired) electrons. The summed E-state index contributed by atoms with van der Waals surface area (Å²) in [5.41, 5.74) is 0. The fraction of sp³-hybridized carbons (Fsp3) is 0.667. The molecule has 0 aliphatic carbocycles. The van der Waals surface area contributed by atoms with Gasteiger partial charge in [-0.1, -0.05) is 11.6 Å². The van der Waals surface area contributed by atoms with Crippen LogP contribution in [0.1, 0.15) is 19.2 Å². The third-order valence-electron chi connectivity index (χ3n) is 2.37. The first-order chi connectivity index (χ1) is 9.19. The molecule has 0 aromatic carbocycles. The Hall–Kier alpha value is -0.950. The van der Waals surface area contributed by atoms with Crippen molar-refractivity contribution in [1.29, 1.82) is 0 Å². The second kappa shape index (κ2) is 9.03. The van der Waals surface area contributed by atoms with E-state index >= 15 is 0 Å². The van der Waals surface area contributed by atoms with Crippen molar-refractivity contribution in [3.05, 3.63) is 17.0 Å². The maximum Gasteiger partial charge on any atom is 0.158 e. The van der Waals surface area contributed by atoms with E-state index < -0.39 is 0 Å². The van der Waals surface area contributed by atoms with E-state index in [1.165, 1.54) is 0 Å². The SMILES string of the molecule is CCOCc1nc(Cl)cc(NC(CCO)COC)n1. The zero-order valence-electron chi connectivity index (χ0n) is 11.2. The predicted molar refractivity (Wildman–Crippen MR) is 73.4 cm³/mol. The topological polar surface area (TPSA) is 76.5 Å². The second-order valence-corrected chi connectivity index (χ2v) is 4.33. The number of hydrogen-bond donors (Lipinski definition) is 2. The van der Waals surface area contributed by atoms with Crippen molar-refractivity contribution in [2.24, 2.45) is 0 Å². The zero-order chi connectivity index (χ0) is 14.1. The summed E-state index contributed by atoms with van der Waals surface area (Å²) in [5.74, 6) is 1.13. The van der Waals surface area contributed by atoms with Gasteiger partial charge in [-0.2, -0.15) is 0 Å². The van der Waals surface area contributed by atoms with Gasteiger partial charge in [0.2, 0.25) is 0 Å². The molecule has 0 spiro atoms. The number of ether oxygens (including phenoxy) is 2. The van der Waals surface area contributed by atoms with Crippen molar-refractivity contribution in [3.63, 3.8) is 0 Å². The highest BCUT2D eigenvalue weighted by molar-refractivity contribution is 6.29. The van der Waals surface area contributed by atoms with E-state index in [2.05, 4.69) is 15.3 Å². The zero-order valence-corrected chi connectivity index (χ0v) is 12.0. The van der Waals surface area contributed by atoms with Gasteiger partial charge < -0.3 is 19.9 Å². The molecule has 1 aromatic heterocycles. The van der Waals surface area contributed by atoms with E-state index in [4.69, 9.17) is 26.2 Å². The molecular formula is C12H20ClN3O3. The number of anilines is 1. The standard InChI is InChI=1S/C12H20ClN3O3/c1-3-19-8-12-15-10(13)6-11(16-12)14-9(4-5-17)7-18-2/h6,9,17H,3-5,7-8H2,1-2H3,(H,14,15,16). The third kappa shape index (κ3) is 6.15. The molecule has 2 N–H and O–H groups in total. The minimum atomic E-state index is -0.0269. The maximum absolute atomic E-state index is 8.99. The van der Waals surface area contributed by atoms with Crippen molar-refractivity contribution in [2.45, 2.75) is 26.0 Å². The Morgan fingerprint density at radius 1 is 1.47 bits per heavy atom. The Bertz CT molecular complexity index is 373. The monoisotopic (exact) mass is 289 g/mol. The number of aliphatic hydroxyl groups is 1. The van der Waals surface area contributed by atoms with Gasteiger partial charge in [-0.25, -0.2) is 9.97 Å². The third-order valence-corrected chi connectivity index (χ3v) is 2.57. The lowest BCUT2D eigenvalue weighted by Crippen LogP contribution is -2.26. The summed E-state index contributed by atoms with van der Waals surface area (Å²) < 4.78 is 10.3. The molecule has 0 fully saturated rings. The molecule has 1 aromatic rings. The maximum atomic E-state index is 8.99. The molecule has 7 heteroatoms. The summed E-state index contributed by atoms with van der Waals surface area (Å²) >= 11 is 5.94. The van der Waals surface area contributed by atoms with E-state index in [0.29, 0.717) is 43.0 Å². The average Bonchev–Trinajstić information content (AvgIpc) is 2.36. The van der Waals surface area contributed by atoms with E-state index in [-0.39, 0.29) is 12.6 Å². The summed E-state index contributed by atoms with van der Waals surface area (Å²) in [6.07, 6.45) is 0.566. The van der Waals surface area contributed by atoms with Gasteiger partial charge in [0.1, 0.15) is 17.6 Å². The van der Waals surface area contributed by atoms with Crippen molar-refractivity contribution < 1.29 is 14.6 Å². The molecule has 6 nitrogen and oxygen atoms in total. The average molecular weight is 290 g/mol. The van der Waals surface area contributed by atoms with Crippen LogP contribution in [0.15, 0.2) is 6.07 Å². The van der Waals surface area contributed by atoms with Crippen LogP contribution in [0.2, 0.25) is 5.15 Å². The van der Waals surface area contributed by atoms with E-state index in [0.717, 1.165) is 0 Å². The van der Waals surface area contributed by atoms with Crippen LogP contribution in [0.25, 0.3) is 0 Å². The molecule has 108 valence electrons. The number of aliphatic hydroxyl groups excluding tert-OH is 1. The molecular weight excluding hydrogens is 270 g/mol. The summed E-state index contributed by atoms with van der Waals surface area (Å²) in [6.45, 7) is 3.37. The highest BCUT2D eigenvalue weighted by Gasteiger charge is 2.10. The minimum Gasteiger partial charge on any atom is -0.396 e. The Labute approximate surface area is 118 Å². The van der Waals surface area contributed by atoms with Gasteiger partial charge in [-0.15, -0.1) is 0 Å². The molecule has 19 heavy (non-hydrogen) atoms. The molecule has 0 amide bonds. The number of rotatable bonds is 9. The van der Waals surface area contributed by atoms with E-state index in [1.807, 2.05) is 6.92 Å². The Kier molecular flexibility index (Phi) is 7.66. The van der Waals surface area contributed by atoms with Crippen molar-refractivity contribution in [3.8, 4) is 0 Å². The molecule has 0 aliphatic rings. The highest BCUT2D eigenvalue weighted by Crippen LogP contribution is 2.14. The summed E-state index contributed by atoms with van der Waals surface area (Å²) in [4.78, 5) is 8.39. The van der Waals surface area contributed by atoms with Crippen LogP contribution in [0.5, 0.6) is 0 Å². The number of halogens is 1. The van der Waals surface area contributed by atoms with Gasteiger partial charge in [0.05, 0.1) is 12.6 Å². The lowest BCUT2D eigenvalue weighted by molar-refractivity contribution is 0.128. The Morgan fingerprint density at radius 2 is 2.26 bits per heavy atom. The normalized spacial score (nSPS) is 12.4. The molecule has 1 atom stereocenters. The van der Waals surface area contributed by atoms with E-state index in [9.17, 15) is 0 Å². The van der Waals surface area contributed by atoms with Crippen LogP contribution in [-0.2, 0) is 16.1 Å². The molecule has 0 saturated carbocycles. The quantitative estimate of drug-likeness (QED) is 0.671. The number of nitrogens with zero attached hydrogens (tertiary/aromatic N) is 2. The number of nitrogens with one attached hydrogen (secondary N) is 1. The number of aromatic nitrogens is 2. The molecule has 1 rings (SSSR count). The van der Waals surface area contributed by atoms with Crippen LogP contribution < -0.4 is 5.32 Å². The van der Waals surface area contributed by atoms with Crippen molar-refractivity contribution in [2.75, 3.05) is 32.2 Å². The van der Waals surface area contributed by atoms with Crippen LogP contribution in [-0.4, -0.2) is 48.0 Å². The molecule has 0 bridgehead atoms. The van der Waals surface area contributed by atoms with Gasteiger partial charge in [0.25, 0.3) is 0 Å². The lowest BCUT2D eigenvalue weighted by Gasteiger charge is -2.17. The van der Waals surface area contributed by atoms with Gasteiger partial charge >= 0.3 is 0 Å². The minimum absolute atomic E-state index is 0.0269. The number of hydrogen-bond acceptors (Lipinski definition) is 6. The van der Waals surface area contributed by atoms with Crippen molar-refractivity contribution >= 4 is 17.4 Å². The van der Waals surface area contributed by atoms with Crippen LogP contribution in [0.4, 0.5) is 5.82 Å². The van der Waals surface area contributed by atoms with Gasteiger partial charge in [-0.05, 0) is 13.3 Å². The van der Waals surface area contributed by atoms with Gasteiger partial charge in [0, 0.05) is 26.4 Å². The lowest BCUT2D eigenvalue weighted by atomic mass is 10.2. The fourth-order valence-corrected chi connectivity index (χ4v) is 1.76. The predicted octanol–water partition coefficient (Wildman–Crippen LogP) is 1.48. The van der Waals surface area contributed by atoms with Crippen molar-refractivity contribution in [1.82, 2.24) is 9.97 Å². The van der Waals surface area contributed by atoms with Gasteiger partial charge in [0.15, 0.2) is 5.82 Å². The van der Waals surface area contributed by atoms with E-state index in [1.54, 1.807) is 13.2 Å². The summed E-state index contributed by atoms with van der Waals surface area (Å²) in [7, 11) is 1.61. The first kappa shape index (κ1) is 16.1. The second-order valence-electron chi connectivity index (χ2n) is 3.94. The summed E-state index contributed by atoms with van der Waals surface area (Å²) in [5, 5.41) is 12.5. The first-order valence-electron chi connectivity index (χ1n) is 6.17. The molecule has 0 saturated heterocycles. The largest absolute Gasteiger partial charge is 0.396 e. The number of methoxy groups -OCH3 is 1.